The van der Waals surface area contributed by atoms with E-state index in [0.29, 0.717) is 5.92 Å². The zero-order chi connectivity index (χ0) is 13.9. The number of rotatable bonds is 6. The van der Waals surface area contributed by atoms with E-state index in [9.17, 15) is 0 Å². The van der Waals surface area contributed by atoms with Crippen molar-refractivity contribution in [3.05, 3.63) is 55.1 Å². The van der Waals surface area contributed by atoms with Crippen LogP contribution in [0.3, 0.4) is 0 Å². The molecular weight excluding hydrogens is 398 g/mol. The number of halogens is 2. The van der Waals surface area contributed by atoms with Gasteiger partial charge in [-0.1, -0.05) is 34.1 Å². The molecule has 1 atom stereocenters. The van der Waals surface area contributed by atoms with Gasteiger partial charge in [-0.25, -0.2) is 0 Å². The van der Waals surface area contributed by atoms with Gasteiger partial charge in [-0.3, -0.25) is 0 Å². The molecule has 1 aliphatic rings. The smallest absolute Gasteiger partial charge is 0.0701 e. The van der Waals surface area contributed by atoms with Gasteiger partial charge in [-0.05, 0) is 59.0 Å². The molecule has 1 saturated carbocycles. The van der Waals surface area contributed by atoms with E-state index in [0.717, 1.165) is 19.0 Å². The third kappa shape index (κ3) is 3.94. The second-order valence-electron chi connectivity index (χ2n) is 5.31. The molecule has 1 N–H and O–H groups in total. The molecule has 1 nitrogen and oxygen atoms in total. The van der Waals surface area contributed by atoms with Crippen LogP contribution in [0.5, 0.6) is 0 Å². The van der Waals surface area contributed by atoms with Crippen LogP contribution in [-0.2, 0) is 6.42 Å². The largest absolute Gasteiger partial charge is 0.313 e. The highest BCUT2D eigenvalue weighted by Gasteiger charge is 2.23. The fraction of sp³-hybridized carbons (Fsp3) is 0.375. The molecular formula is C16H17Br2NS. The first-order chi connectivity index (χ1) is 9.72. The third-order valence-electron chi connectivity index (χ3n) is 3.65. The molecule has 106 valence electrons. The van der Waals surface area contributed by atoms with Crippen LogP contribution in [0.1, 0.15) is 29.2 Å². The van der Waals surface area contributed by atoms with Crippen LogP contribution in [0.2, 0.25) is 0 Å². The van der Waals surface area contributed by atoms with E-state index < -0.39 is 0 Å². The number of hydrogen-bond acceptors (Lipinski definition) is 2. The predicted octanol–water partition coefficient (Wildman–Crippen LogP) is 5.35. The number of thiophene rings is 1. The summed E-state index contributed by atoms with van der Waals surface area (Å²) in [5, 5.41) is 3.68. The molecule has 4 heteroatoms. The van der Waals surface area contributed by atoms with Crippen molar-refractivity contribution >= 4 is 43.2 Å². The molecule has 0 spiro atoms. The fourth-order valence-electron chi connectivity index (χ4n) is 2.40. The molecule has 2 aromatic rings. The highest BCUT2D eigenvalue weighted by atomic mass is 79.9. The van der Waals surface area contributed by atoms with E-state index in [1.54, 1.807) is 0 Å². The molecule has 0 amide bonds. The molecule has 3 rings (SSSR count). The Kier molecular flexibility index (Phi) is 4.97. The number of benzene rings is 1. The van der Waals surface area contributed by atoms with Crippen LogP contribution < -0.4 is 5.32 Å². The molecule has 1 heterocycles. The van der Waals surface area contributed by atoms with Gasteiger partial charge in [-0.15, -0.1) is 11.3 Å². The van der Waals surface area contributed by atoms with Crippen LogP contribution in [0, 0.1) is 0 Å². The van der Waals surface area contributed by atoms with Gasteiger partial charge in [0.05, 0.1) is 3.79 Å². The Bertz CT molecular complexity index is 577. The quantitative estimate of drug-likeness (QED) is 0.671. The van der Waals surface area contributed by atoms with Crippen molar-refractivity contribution in [2.24, 2.45) is 0 Å². The van der Waals surface area contributed by atoms with Crippen molar-refractivity contribution in [2.75, 3.05) is 6.54 Å². The van der Waals surface area contributed by atoms with E-state index >= 15 is 0 Å². The average Bonchev–Trinajstić information content (AvgIpc) is 3.18. The Balaban J connectivity index is 1.77. The lowest BCUT2D eigenvalue weighted by Crippen LogP contribution is -2.24. The summed E-state index contributed by atoms with van der Waals surface area (Å²) in [6.45, 7) is 1.06. The zero-order valence-corrected chi connectivity index (χ0v) is 15.1. The zero-order valence-electron chi connectivity index (χ0n) is 11.1. The fourth-order valence-corrected chi connectivity index (χ4v) is 4.57. The summed E-state index contributed by atoms with van der Waals surface area (Å²) in [6.07, 6.45) is 3.78. The van der Waals surface area contributed by atoms with Gasteiger partial charge in [0.25, 0.3) is 0 Å². The first-order valence-electron chi connectivity index (χ1n) is 6.94. The topological polar surface area (TPSA) is 12.0 Å². The lowest BCUT2D eigenvalue weighted by Gasteiger charge is -2.19. The minimum atomic E-state index is 0.525. The summed E-state index contributed by atoms with van der Waals surface area (Å²) in [6, 6.07) is 13.7. The molecule has 0 bridgehead atoms. The van der Waals surface area contributed by atoms with Crippen molar-refractivity contribution in [1.29, 1.82) is 0 Å². The molecule has 1 fully saturated rings. The molecule has 1 aromatic carbocycles. The first kappa shape index (κ1) is 14.8. The van der Waals surface area contributed by atoms with Crippen molar-refractivity contribution in [3.8, 4) is 0 Å². The van der Waals surface area contributed by atoms with E-state index in [1.807, 2.05) is 11.3 Å². The normalized spacial score (nSPS) is 16.3. The summed E-state index contributed by atoms with van der Waals surface area (Å²) < 4.78 is 2.44. The standard InChI is InChI=1S/C16H17Br2NS/c17-15-4-2-1-3-14(15)11(10-19-12-5-6-12)9-13-7-8-16(18)20-13/h1-4,7-8,11-12,19H,5-6,9-10H2. The SMILES string of the molecule is Brc1ccc(CC(CNC2CC2)c2ccccc2Br)s1. The first-order valence-corrected chi connectivity index (χ1v) is 9.34. The van der Waals surface area contributed by atoms with Crippen LogP contribution in [0.15, 0.2) is 44.7 Å². The van der Waals surface area contributed by atoms with Crippen LogP contribution in [0.4, 0.5) is 0 Å². The third-order valence-corrected chi connectivity index (χ3v) is 6.02. The summed E-state index contributed by atoms with van der Waals surface area (Å²) in [7, 11) is 0. The summed E-state index contributed by atoms with van der Waals surface area (Å²) in [5.41, 5.74) is 1.41. The minimum absolute atomic E-state index is 0.525. The predicted molar refractivity (Wildman–Crippen MR) is 93.6 cm³/mol. The lowest BCUT2D eigenvalue weighted by atomic mass is 9.95. The van der Waals surface area contributed by atoms with Gasteiger partial charge in [0.15, 0.2) is 0 Å². The average molecular weight is 415 g/mol. The number of nitrogens with one attached hydrogen (secondary N) is 1. The van der Waals surface area contributed by atoms with E-state index in [1.165, 1.54) is 31.5 Å². The van der Waals surface area contributed by atoms with Crippen LogP contribution in [0.25, 0.3) is 0 Å². The van der Waals surface area contributed by atoms with Crippen molar-refractivity contribution in [3.63, 3.8) is 0 Å². The van der Waals surface area contributed by atoms with Gasteiger partial charge in [0, 0.05) is 27.9 Å². The van der Waals surface area contributed by atoms with Crippen molar-refractivity contribution < 1.29 is 0 Å². The molecule has 1 aliphatic carbocycles. The van der Waals surface area contributed by atoms with Gasteiger partial charge < -0.3 is 5.32 Å². The highest BCUT2D eigenvalue weighted by Crippen LogP contribution is 2.32. The second-order valence-corrected chi connectivity index (χ2v) is 8.71. The van der Waals surface area contributed by atoms with E-state index in [-0.39, 0.29) is 0 Å². The molecule has 0 saturated heterocycles. The minimum Gasteiger partial charge on any atom is -0.313 e. The molecule has 20 heavy (non-hydrogen) atoms. The Hall–Kier alpha value is -0.160. The summed E-state index contributed by atoms with van der Waals surface area (Å²) >= 11 is 9.10. The Morgan fingerprint density at radius 2 is 1.95 bits per heavy atom. The van der Waals surface area contributed by atoms with Gasteiger partial charge >= 0.3 is 0 Å². The maximum atomic E-state index is 3.70. The number of hydrogen-bond donors (Lipinski definition) is 1. The molecule has 1 aromatic heterocycles. The van der Waals surface area contributed by atoms with Gasteiger partial charge in [-0.2, -0.15) is 0 Å². The van der Waals surface area contributed by atoms with E-state index in [2.05, 4.69) is 73.6 Å². The molecule has 0 radical (unpaired) electrons. The molecule has 1 unspecified atom stereocenters. The van der Waals surface area contributed by atoms with Crippen molar-refractivity contribution in [2.45, 2.75) is 31.2 Å². The molecule has 0 aliphatic heterocycles. The van der Waals surface area contributed by atoms with E-state index in [4.69, 9.17) is 0 Å². The maximum absolute atomic E-state index is 3.70. The summed E-state index contributed by atoms with van der Waals surface area (Å²) in [4.78, 5) is 1.44. The van der Waals surface area contributed by atoms with Crippen LogP contribution >= 0.6 is 43.2 Å². The van der Waals surface area contributed by atoms with Crippen molar-refractivity contribution in [1.82, 2.24) is 5.32 Å². The second kappa shape index (κ2) is 6.73. The summed E-state index contributed by atoms with van der Waals surface area (Å²) in [5.74, 6) is 0.525. The maximum Gasteiger partial charge on any atom is 0.0701 e. The lowest BCUT2D eigenvalue weighted by molar-refractivity contribution is 0.578. The van der Waals surface area contributed by atoms with Gasteiger partial charge in [0.2, 0.25) is 0 Å². The highest BCUT2D eigenvalue weighted by molar-refractivity contribution is 9.11. The monoisotopic (exact) mass is 413 g/mol. The van der Waals surface area contributed by atoms with Crippen LogP contribution in [-0.4, -0.2) is 12.6 Å². The Morgan fingerprint density at radius 1 is 1.15 bits per heavy atom. The Labute approximate surface area is 141 Å². The Morgan fingerprint density at radius 3 is 2.60 bits per heavy atom. The van der Waals surface area contributed by atoms with Gasteiger partial charge in [0.1, 0.15) is 0 Å².